The Balaban J connectivity index is 1.86. The third-order valence-electron chi connectivity index (χ3n) is 4.44. The van der Waals surface area contributed by atoms with Gasteiger partial charge >= 0.3 is 0 Å². The van der Waals surface area contributed by atoms with Crippen LogP contribution >= 0.6 is 0 Å². The molecule has 0 saturated carbocycles. The number of hydrogen-bond donors (Lipinski definition) is 4. The summed E-state index contributed by atoms with van der Waals surface area (Å²) in [6.07, 6.45) is -0.0130. The molecule has 0 aliphatic rings. The molecule has 156 valence electrons. The number of nitrogens with one attached hydrogen (secondary N) is 2. The summed E-state index contributed by atoms with van der Waals surface area (Å²) in [6.45, 7) is 4.17. The Bertz CT molecular complexity index is 998. The number of benzene rings is 2. The molecule has 1 atom stereocenters. The first-order valence-corrected chi connectivity index (χ1v) is 9.49. The minimum absolute atomic E-state index is 0.263. The number of carbonyl (C=O) groups excluding carboxylic acids is 1. The van der Waals surface area contributed by atoms with Gasteiger partial charge in [0.05, 0.1) is 12.1 Å². The summed E-state index contributed by atoms with van der Waals surface area (Å²) in [4.78, 5) is 11.4. The summed E-state index contributed by atoms with van der Waals surface area (Å²) < 4.78 is 7.49. The fourth-order valence-corrected chi connectivity index (χ4v) is 3.06. The molecule has 0 saturated heterocycles. The number of aliphatic hydroxyl groups excluding tert-OH is 1. The number of aromatic nitrogens is 2. The van der Waals surface area contributed by atoms with E-state index in [1.54, 1.807) is 11.7 Å². The normalized spacial score (nSPS) is 11.6. The van der Waals surface area contributed by atoms with E-state index in [9.17, 15) is 9.90 Å². The number of carbonyl (C=O) groups is 1. The highest BCUT2D eigenvalue weighted by atomic mass is 16.5. The zero-order chi connectivity index (χ0) is 21.5. The van der Waals surface area contributed by atoms with Crippen molar-refractivity contribution in [1.29, 1.82) is 0 Å². The van der Waals surface area contributed by atoms with E-state index in [1.165, 1.54) is 6.08 Å². The highest BCUT2D eigenvalue weighted by Gasteiger charge is 2.22. The molecule has 5 N–H and O–H groups in total. The van der Waals surface area contributed by atoms with Crippen molar-refractivity contribution in [3.05, 3.63) is 72.8 Å². The lowest BCUT2D eigenvalue weighted by molar-refractivity contribution is -0.116. The van der Waals surface area contributed by atoms with Gasteiger partial charge in [-0.1, -0.05) is 24.8 Å². The summed E-state index contributed by atoms with van der Waals surface area (Å²) in [5.41, 5.74) is 7.63. The largest absolute Gasteiger partial charge is 0.457 e. The molecule has 1 amide bonds. The van der Waals surface area contributed by atoms with Gasteiger partial charge < -0.3 is 26.2 Å². The van der Waals surface area contributed by atoms with Crippen molar-refractivity contribution >= 4 is 11.7 Å². The molecule has 1 heterocycles. The molecule has 3 aromatic rings. The lowest BCUT2D eigenvalue weighted by Gasteiger charge is -2.11. The summed E-state index contributed by atoms with van der Waals surface area (Å²) in [7, 11) is 1.72. The quantitative estimate of drug-likeness (QED) is 0.320. The van der Waals surface area contributed by atoms with Crippen LogP contribution in [0.2, 0.25) is 0 Å². The summed E-state index contributed by atoms with van der Waals surface area (Å²) in [6, 6.07) is 16.9. The second-order valence-electron chi connectivity index (χ2n) is 6.46. The highest BCUT2D eigenvalue weighted by molar-refractivity contribution is 5.86. The predicted octanol–water partition coefficient (Wildman–Crippen LogP) is 2.64. The lowest BCUT2D eigenvalue weighted by Crippen LogP contribution is -2.26. The van der Waals surface area contributed by atoms with Crippen LogP contribution in [0.25, 0.3) is 11.3 Å². The maximum absolute atomic E-state index is 11.4. The van der Waals surface area contributed by atoms with Gasteiger partial charge in [-0.25, -0.2) is 4.68 Å². The summed E-state index contributed by atoms with van der Waals surface area (Å²) in [5, 5.41) is 20.5. The number of hydrogen-bond acceptors (Lipinski definition) is 6. The molecule has 8 nitrogen and oxygen atoms in total. The first-order chi connectivity index (χ1) is 14.5. The van der Waals surface area contributed by atoms with E-state index < -0.39 is 6.23 Å². The number of amides is 1. The standard InChI is InChI=1S/C22H25N5O3/c1-3-18(28)25-13-14-27-22(24-2)19(21(23)29)20(26-27)15-9-11-17(12-10-15)30-16-7-5-4-6-8-16/h3-12,21,24,29H,1,13-14,23H2,2H3,(H,25,28). The van der Waals surface area contributed by atoms with Gasteiger partial charge in [-0.2, -0.15) is 5.10 Å². The Labute approximate surface area is 175 Å². The van der Waals surface area contributed by atoms with Crippen LogP contribution in [0.15, 0.2) is 67.3 Å². The molecule has 0 fully saturated rings. The Kier molecular flexibility index (Phi) is 6.84. The van der Waals surface area contributed by atoms with E-state index in [1.807, 2.05) is 54.6 Å². The number of rotatable bonds is 9. The molecule has 0 spiro atoms. The van der Waals surface area contributed by atoms with Crippen LogP contribution in [0.1, 0.15) is 11.8 Å². The minimum Gasteiger partial charge on any atom is -0.457 e. The second-order valence-corrected chi connectivity index (χ2v) is 6.46. The lowest BCUT2D eigenvalue weighted by atomic mass is 10.1. The molecular formula is C22H25N5O3. The first-order valence-electron chi connectivity index (χ1n) is 9.49. The van der Waals surface area contributed by atoms with E-state index in [0.717, 1.165) is 11.3 Å². The molecule has 1 unspecified atom stereocenters. The molecule has 0 radical (unpaired) electrons. The average molecular weight is 407 g/mol. The van der Waals surface area contributed by atoms with Crippen molar-refractivity contribution in [3.8, 4) is 22.8 Å². The van der Waals surface area contributed by atoms with Crippen LogP contribution in [-0.2, 0) is 11.3 Å². The van der Waals surface area contributed by atoms with Crippen molar-refractivity contribution in [2.45, 2.75) is 12.8 Å². The minimum atomic E-state index is -1.22. The fraction of sp³-hybridized carbons (Fsp3) is 0.182. The summed E-state index contributed by atoms with van der Waals surface area (Å²) in [5.74, 6) is 1.74. The molecule has 8 heteroatoms. The van der Waals surface area contributed by atoms with Gasteiger partial charge in [-0.05, 0) is 42.5 Å². The molecule has 0 aliphatic heterocycles. The van der Waals surface area contributed by atoms with Crippen molar-refractivity contribution in [1.82, 2.24) is 15.1 Å². The van der Waals surface area contributed by atoms with E-state index in [0.29, 0.717) is 35.9 Å². The second kappa shape index (κ2) is 9.73. The van der Waals surface area contributed by atoms with Crippen molar-refractivity contribution in [2.24, 2.45) is 5.73 Å². The predicted molar refractivity (Wildman–Crippen MR) is 116 cm³/mol. The molecule has 3 rings (SSSR count). The van der Waals surface area contributed by atoms with Gasteiger partial charge in [0.2, 0.25) is 5.91 Å². The number of nitrogens with zero attached hydrogens (tertiary/aromatic N) is 2. The van der Waals surface area contributed by atoms with Gasteiger partial charge in [0.15, 0.2) is 0 Å². The van der Waals surface area contributed by atoms with Gasteiger partial charge in [0.25, 0.3) is 0 Å². The maximum Gasteiger partial charge on any atom is 0.243 e. The molecule has 1 aromatic heterocycles. The maximum atomic E-state index is 11.4. The van der Waals surface area contributed by atoms with Crippen LogP contribution < -0.4 is 21.1 Å². The molecule has 0 bridgehead atoms. The number of para-hydroxylation sites is 1. The fourth-order valence-electron chi connectivity index (χ4n) is 3.06. The van der Waals surface area contributed by atoms with Gasteiger partial charge in [0, 0.05) is 19.2 Å². The SMILES string of the molecule is C=CC(=O)NCCn1nc(-c2ccc(Oc3ccccc3)cc2)c(C(N)O)c1NC. The Morgan fingerprint density at radius 1 is 1.23 bits per heavy atom. The molecule has 2 aromatic carbocycles. The third kappa shape index (κ3) is 4.86. The number of nitrogens with two attached hydrogens (primary N) is 1. The number of aliphatic hydroxyl groups is 1. The molecule has 30 heavy (non-hydrogen) atoms. The Morgan fingerprint density at radius 3 is 2.50 bits per heavy atom. The van der Waals surface area contributed by atoms with Crippen molar-refractivity contribution in [2.75, 3.05) is 18.9 Å². The van der Waals surface area contributed by atoms with Gasteiger partial charge in [-0.3, -0.25) is 4.79 Å². The highest BCUT2D eigenvalue weighted by Crippen LogP contribution is 2.33. The van der Waals surface area contributed by atoms with Crippen molar-refractivity contribution in [3.63, 3.8) is 0 Å². The van der Waals surface area contributed by atoms with Crippen LogP contribution in [0.3, 0.4) is 0 Å². The monoisotopic (exact) mass is 407 g/mol. The van der Waals surface area contributed by atoms with E-state index in [-0.39, 0.29) is 5.91 Å². The van der Waals surface area contributed by atoms with Crippen LogP contribution in [0.5, 0.6) is 11.5 Å². The third-order valence-corrected chi connectivity index (χ3v) is 4.44. The van der Waals surface area contributed by atoms with E-state index >= 15 is 0 Å². The van der Waals surface area contributed by atoms with Gasteiger partial charge in [-0.15, -0.1) is 0 Å². The number of anilines is 1. The first kappa shape index (κ1) is 21.1. The Morgan fingerprint density at radius 2 is 1.90 bits per heavy atom. The average Bonchev–Trinajstić information content (AvgIpc) is 3.13. The zero-order valence-corrected chi connectivity index (χ0v) is 16.7. The summed E-state index contributed by atoms with van der Waals surface area (Å²) >= 11 is 0. The van der Waals surface area contributed by atoms with Crippen LogP contribution in [-0.4, -0.2) is 34.4 Å². The van der Waals surface area contributed by atoms with E-state index in [4.69, 9.17) is 10.5 Å². The number of ether oxygens (including phenoxy) is 1. The van der Waals surface area contributed by atoms with E-state index in [2.05, 4.69) is 22.3 Å². The molecule has 0 aliphatic carbocycles. The van der Waals surface area contributed by atoms with Gasteiger partial charge in [0.1, 0.15) is 29.2 Å². The molecular weight excluding hydrogens is 382 g/mol. The topological polar surface area (TPSA) is 114 Å². The Hall–Kier alpha value is -3.62. The smallest absolute Gasteiger partial charge is 0.243 e. The zero-order valence-electron chi connectivity index (χ0n) is 16.7. The van der Waals surface area contributed by atoms with Crippen LogP contribution in [0.4, 0.5) is 5.82 Å². The van der Waals surface area contributed by atoms with Crippen LogP contribution in [0, 0.1) is 0 Å². The van der Waals surface area contributed by atoms with Crippen molar-refractivity contribution < 1.29 is 14.6 Å².